The van der Waals surface area contributed by atoms with Crippen molar-refractivity contribution in [1.82, 2.24) is 15.2 Å². The van der Waals surface area contributed by atoms with Gasteiger partial charge in [0.25, 0.3) is 0 Å². The van der Waals surface area contributed by atoms with E-state index in [9.17, 15) is 5.26 Å². The first-order valence-corrected chi connectivity index (χ1v) is 12.1. The molecule has 6 nitrogen and oxygen atoms in total. The third-order valence-corrected chi connectivity index (χ3v) is 7.57. The molecule has 168 valence electrons. The van der Waals surface area contributed by atoms with Gasteiger partial charge in [0.05, 0.1) is 17.1 Å². The lowest BCUT2D eigenvalue weighted by Crippen LogP contribution is -2.51. The number of nitrogens with zero attached hydrogens (tertiary/aromatic N) is 4. The van der Waals surface area contributed by atoms with Crippen molar-refractivity contribution in [3.05, 3.63) is 65.4 Å². The molecule has 0 saturated carbocycles. The number of hydrogen-bond acceptors (Lipinski definition) is 6. The standard InChI is InChI=1S/C27H30N6/c1-18-15-32(25-9-6-19(13-28)27-24(25)5-3-11-30-27)17-26-23-8-7-21(12-20(23)16-33(18)26)31-22-4-2-10-29-14-22/h3,5-9,11-12,18,22,26,29,31H,2,4,10,14-17H2,1H3. The molecule has 2 N–H and O–H groups in total. The highest BCUT2D eigenvalue weighted by molar-refractivity contribution is 5.95. The summed E-state index contributed by atoms with van der Waals surface area (Å²) < 4.78 is 0. The van der Waals surface area contributed by atoms with Crippen molar-refractivity contribution in [2.24, 2.45) is 0 Å². The summed E-state index contributed by atoms with van der Waals surface area (Å²) in [6.07, 6.45) is 4.25. The average Bonchev–Trinajstić information content (AvgIpc) is 3.22. The van der Waals surface area contributed by atoms with Crippen molar-refractivity contribution in [3.63, 3.8) is 0 Å². The van der Waals surface area contributed by atoms with E-state index in [2.05, 4.69) is 68.7 Å². The third-order valence-electron chi connectivity index (χ3n) is 7.57. The maximum absolute atomic E-state index is 9.52. The summed E-state index contributed by atoms with van der Waals surface area (Å²) in [5, 5.41) is 17.8. The zero-order valence-electron chi connectivity index (χ0n) is 19.1. The van der Waals surface area contributed by atoms with Crippen LogP contribution < -0.4 is 15.5 Å². The van der Waals surface area contributed by atoms with E-state index in [-0.39, 0.29) is 0 Å². The van der Waals surface area contributed by atoms with Crippen LogP contribution in [0.2, 0.25) is 0 Å². The van der Waals surface area contributed by atoms with E-state index in [1.165, 1.54) is 35.3 Å². The van der Waals surface area contributed by atoms with Crippen LogP contribution in [0.15, 0.2) is 48.7 Å². The Morgan fingerprint density at radius 1 is 1.18 bits per heavy atom. The molecule has 6 rings (SSSR count). The highest BCUT2D eigenvalue weighted by Gasteiger charge is 2.39. The zero-order chi connectivity index (χ0) is 22.4. The van der Waals surface area contributed by atoms with Crippen molar-refractivity contribution in [3.8, 4) is 6.07 Å². The molecule has 2 aromatic carbocycles. The summed E-state index contributed by atoms with van der Waals surface area (Å²) >= 11 is 0. The maximum Gasteiger partial charge on any atom is 0.101 e. The maximum atomic E-state index is 9.52. The predicted molar refractivity (Wildman–Crippen MR) is 132 cm³/mol. The van der Waals surface area contributed by atoms with Crippen LogP contribution in [0.1, 0.15) is 42.5 Å². The van der Waals surface area contributed by atoms with Gasteiger partial charge in [-0.05, 0) is 73.8 Å². The Morgan fingerprint density at radius 2 is 2.12 bits per heavy atom. The number of hydrogen-bond donors (Lipinski definition) is 2. The van der Waals surface area contributed by atoms with Crippen LogP contribution in [0.3, 0.4) is 0 Å². The van der Waals surface area contributed by atoms with Crippen LogP contribution in [0.25, 0.3) is 10.9 Å². The van der Waals surface area contributed by atoms with Gasteiger partial charge in [-0.25, -0.2) is 0 Å². The molecule has 6 heteroatoms. The van der Waals surface area contributed by atoms with E-state index in [0.717, 1.165) is 43.6 Å². The molecule has 3 unspecified atom stereocenters. The normalized spacial score (nSPS) is 24.8. The van der Waals surface area contributed by atoms with E-state index in [4.69, 9.17) is 0 Å². The van der Waals surface area contributed by atoms with Gasteiger partial charge >= 0.3 is 0 Å². The fourth-order valence-corrected chi connectivity index (χ4v) is 5.95. The van der Waals surface area contributed by atoms with Crippen LogP contribution >= 0.6 is 0 Å². The molecule has 0 aliphatic carbocycles. The molecule has 0 amide bonds. The van der Waals surface area contributed by atoms with Crippen molar-refractivity contribution in [1.29, 1.82) is 5.26 Å². The van der Waals surface area contributed by atoms with Gasteiger partial charge in [0.15, 0.2) is 0 Å². The molecular weight excluding hydrogens is 408 g/mol. The summed E-state index contributed by atoms with van der Waals surface area (Å²) in [6, 6.07) is 18.7. The second-order valence-electron chi connectivity index (χ2n) is 9.69. The Balaban J connectivity index is 1.29. The number of nitrogens with one attached hydrogen (secondary N) is 2. The van der Waals surface area contributed by atoms with E-state index in [1.54, 1.807) is 6.20 Å². The fourth-order valence-electron chi connectivity index (χ4n) is 5.95. The second-order valence-corrected chi connectivity index (χ2v) is 9.69. The monoisotopic (exact) mass is 438 g/mol. The first kappa shape index (κ1) is 20.5. The van der Waals surface area contributed by atoms with Gasteiger partial charge in [-0.3, -0.25) is 9.88 Å². The summed E-state index contributed by atoms with van der Waals surface area (Å²) in [5.41, 5.74) is 6.77. The SMILES string of the molecule is CC1CN(c2ccc(C#N)c3ncccc23)CC2c3ccc(NC4CCCNC4)cc3CN12. The van der Waals surface area contributed by atoms with Crippen molar-refractivity contribution in [2.45, 2.75) is 44.4 Å². The van der Waals surface area contributed by atoms with E-state index in [0.29, 0.717) is 23.7 Å². The number of rotatable bonds is 3. The summed E-state index contributed by atoms with van der Waals surface area (Å²) in [7, 11) is 0. The lowest BCUT2D eigenvalue weighted by molar-refractivity contribution is 0.134. The van der Waals surface area contributed by atoms with Crippen LogP contribution in [0.4, 0.5) is 11.4 Å². The topological polar surface area (TPSA) is 67.2 Å². The minimum Gasteiger partial charge on any atom is -0.381 e. The Morgan fingerprint density at radius 3 is 2.97 bits per heavy atom. The molecule has 1 aromatic heterocycles. The lowest BCUT2D eigenvalue weighted by Gasteiger charge is -2.43. The van der Waals surface area contributed by atoms with Gasteiger partial charge in [-0.1, -0.05) is 6.07 Å². The Hall–Kier alpha value is -3.14. The Bertz CT molecular complexity index is 1220. The smallest absolute Gasteiger partial charge is 0.101 e. The first-order chi connectivity index (χ1) is 16.2. The molecule has 3 aliphatic heterocycles. The predicted octanol–water partition coefficient (Wildman–Crippen LogP) is 4.04. The van der Waals surface area contributed by atoms with Crippen molar-refractivity contribution < 1.29 is 0 Å². The van der Waals surface area contributed by atoms with Crippen LogP contribution in [-0.4, -0.2) is 48.1 Å². The van der Waals surface area contributed by atoms with Crippen LogP contribution in [0.5, 0.6) is 0 Å². The number of aromatic nitrogens is 1. The first-order valence-electron chi connectivity index (χ1n) is 12.1. The molecule has 4 heterocycles. The molecular formula is C27H30N6. The molecule has 33 heavy (non-hydrogen) atoms. The molecule has 2 saturated heterocycles. The summed E-state index contributed by atoms with van der Waals surface area (Å²) in [5.74, 6) is 0. The van der Waals surface area contributed by atoms with Crippen molar-refractivity contribution in [2.75, 3.05) is 36.4 Å². The molecule has 0 bridgehead atoms. The highest BCUT2D eigenvalue weighted by atomic mass is 15.3. The van der Waals surface area contributed by atoms with Gasteiger partial charge in [0.2, 0.25) is 0 Å². The van der Waals surface area contributed by atoms with Crippen molar-refractivity contribution >= 4 is 22.3 Å². The number of nitriles is 1. The zero-order valence-corrected chi connectivity index (χ0v) is 19.1. The lowest BCUT2D eigenvalue weighted by atomic mass is 9.99. The number of anilines is 2. The summed E-state index contributed by atoms with van der Waals surface area (Å²) in [4.78, 5) is 9.66. The van der Waals surface area contributed by atoms with Gasteiger partial charge in [-0.15, -0.1) is 0 Å². The Kier molecular flexibility index (Phi) is 5.17. The quantitative estimate of drug-likeness (QED) is 0.644. The third kappa shape index (κ3) is 3.62. The minimum absolute atomic E-state index is 0.386. The van der Waals surface area contributed by atoms with Crippen LogP contribution in [-0.2, 0) is 6.54 Å². The Labute approximate surface area is 195 Å². The summed E-state index contributed by atoms with van der Waals surface area (Å²) in [6.45, 7) is 7.46. The van der Waals surface area contributed by atoms with E-state index in [1.807, 2.05) is 12.1 Å². The van der Waals surface area contributed by atoms with E-state index < -0.39 is 0 Å². The minimum atomic E-state index is 0.386. The van der Waals surface area contributed by atoms with Gasteiger partial charge in [0, 0.05) is 61.2 Å². The van der Waals surface area contributed by atoms with Gasteiger partial charge in [-0.2, -0.15) is 5.26 Å². The fraction of sp³-hybridized carbons (Fsp3) is 0.407. The number of pyridine rings is 1. The van der Waals surface area contributed by atoms with Gasteiger partial charge < -0.3 is 15.5 Å². The van der Waals surface area contributed by atoms with E-state index >= 15 is 0 Å². The molecule has 3 aromatic rings. The molecule has 3 atom stereocenters. The number of benzene rings is 2. The van der Waals surface area contributed by atoms with Crippen LogP contribution in [0, 0.1) is 11.3 Å². The molecule has 0 spiro atoms. The second kappa shape index (κ2) is 8.33. The number of piperazine rings is 1. The van der Waals surface area contributed by atoms with Gasteiger partial charge in [0.1, 0.15) is 6.07 Å². The molecule has 3 aliphatic rings. The molecule has 0 radical (unpaired) electrons. The number of fused-ring (bicyclic) bond motifs is 4. The number of piperidine rings is 1. The average molecular weight is 439 g/mol. The molecule has 2 fully saturated rings. The largest absolute Gasteiger partial charge is 0.381 e. The highest BCUT2D eigenvalue weighted by Crippen LogP contribution is 2.42.